The lowest BCUT2D eigenvalue weighted by atomic mass is 9.93. The van der Waals surface area contributed by atoms with Crippen molar-refractivity contribution in [3.63, 3.8) is 0 Å². The van der Waals surface area contributed by atoms with E-state index >= 15 is 0 Å². The number of nitrogens with zero attached hydrogens (tertiary/aromatic N) is 1. The summed E-state index contributed by atoms with van der Waals surface area (Å²) in [6, 6.07) is 0.730. The summed E-state index contributed by atoms with van der Waals surface area (Å²) in [5.74, 6) is 1.43. The zero-order valence-electron chi connectivity index (χ0n) is 13.5. The molecular formula is C16H34N2O. The fourth-order valence-electron chi connectivity index (χ4n) is 2.78. The van der Waals surface area contributed by atoms with Gasteiger partial charge in [-0.1, -0.05) is 27.7 Å². The second kappa shape index (κ2) is 9.73. The van der Waals surface area contributed by atoms with Gasteiger partial charge in [0.15, 0.2) is 0 Å². The van der Waals surface area contributed by atoms with E-state index in [1.807, 2.05) is 0 Å². The first-order valence-electron chi connectivity index (χ1n) is 8.17. The molecule has 1 rings (SSSR count). The van der Waals surface area contributed by atoms with Crippen LogP contribution in [0.5, 0.6) is 0 Å². The van der Waals surface area contributed by atoms with Gasteiger partial charge in [0.25, 0.3) is 0 Å². The zero-order chi connectivity index (χ0) is 14.1. The molecule has 2 unspecified atom stereocenters. The van der Waals surface area contributed by atoms with Gasteiger partial charge in [0.1, 0.15) is 0 Å². The minimum absolute atomic E-state index is 0.653. The van der Waals surface area contributed by atoms with Gasteiger partial charge in [-0.3, -0.25) is 0 Å². The van der Waals surface area contributed by atoms with Gasteiger partial charge in [-0.25, -0.2) is 0 Å². The molecule has 0 aromatic rings. The lowest BCUT2D eigenvalue weighted by Gasteiger charge is -2.37. The van der Waals surface area contributed by atoms with Crippen LogP contribution in [0.1, 0.15) is 47.0 Å². The van der Waals surface area contributed by atoms with E-state index in [4.69, 9.17) is 4.74 Å². The molecule has 0 aliphatic carbocycles. The molecule has 114 valence electrons. The minimum atomic E-state index is 0.653. The summed E-state index contributed by atoms with van der Waals surface area (Å²) in [6.07, 6.45) is 3.71. The Labute approximate surface area is 120 Å². The Balaban J connectivity index is 2.07. The molecule has 1 aliphatic heterocycles. The van der Waals surface area contributed by atoms with Crippen LogP contribution in [0.3, 0.4) is 0 Å². The van der Waals surface area contributed by atoms with Crippen LogP contribution in [0.15, 0.2) is 0 Å². The van der Waals surface area contributed by atoms with Crippen molar-refractivity contribution in [1.82, 2.24) is 10.2 Å². The molecule has 1 saturated heterocycles. The Bertz CT molecular complexity index is 221. The SMILES string of the molecule is CCCNC1CCN(CCCOCC(C)C)CC1C. The largest absolute Gasteiger partial charge is 0.381 e. The molecule has 1 fully saturated rings. The van der Waals surface area contributed by atoms with E-state index in [-0.39, 0.29) is 0 Å². The Hall–Kier alpha value is -0.120. The number of hydrogen-bond donors (Lipinski definition) is 1. The van der Waals surface area contributed by atoms with Crippen LogP contribution < -0.4 is 5.32 Å². The molecule has 0 aromatic heterocycles. The maximum atomic E-state index is 5.65. The fraction of sp³-hybridized carbons (Fsp3) is 1.00. The van der Waals surface area contributed by atoms with Crippen molar-refractivity contribution in [1.29, 1.82) is 0 Å². The van der Waals surface area contributed by atoms with Gasteiger partial charge >= 0.3 is 0 Å². The highest BCUT2D eigenvalue weighted by Crippen LogP contribution is 2.17. The molecule has 1 N–H and O–H groups in total. The van der Waals surface area contributed by atoms with Crippen LogP contribution in [-0.4, -0.2) is 50.3 Å². The summed E-state index contributed by atoms with van der Waals surface area (Å²) in [4.78, 5) is 2.60. The fourth-order valence-corrected chi connectivity index (χ4v) is 2.78. The van der Waals surface area contributed by atoms with Gasteiger partial charge in [-0.05, 0) is 44.2 Å². The standard InChI is InChI=1S/C16H34N2O/c1-5-8-17-16-7-10-18(12-15(16)4)9-6-11-19-13-14(2)3/h14-17H,5-13H2,1-4H3. The van der Waals surface area contributed by atoms with Crippen LogP contribution in [-0.2, 0) is 4.74 Å². The summed E-state index contributed by atoms with van der Waals surface area (Å²) < 4.78 is 5.65. The van der Waals surface area contributed by atoms with Crippen LogP contribution in [0.2, 0.25) is 0 Å². The van der Waals surface area contributed by atoms with Crippen molar-refractivity contribution < 1.29 is 4.74 Å². The maximum Gasteiger partial charge on any atom is 0.0489 e. The third-order valence-corrected chi connectivity index (χ3v) is 3.86. The predicted octanol–water partition coefficient (Wildman–Crippen LogP) is 2.76. The highest BCUT2D eigenvalue weighted by atomic mass is 16.5. The summed E-state index contributed by atoms with van der Waals surface area (Å²) in [5.41, 5.74) is 0. The van der Waals surface area contributed by atoms with Crippen LogP contribution in [0.25, 0.3) is 0 Å². The molecule has 3 nitrogen and oxygen atoms in total. The van der Waals surface area contributed by atoms with E-state index in [1.54, 1.807) is 0 Å². The van der Waals surface area contributed by atoms with Gasteiger partial charge < -0.3 is 15.0 Å². The van der Waals surface area contributed by atoms with E-state index < -0.39 is 0 Å². The number of nitrogens with one attached hydrogen (secondary N) is 1. The molecule has 2 atom stereocenters. The third-order valence-electron chi connectivity index (χ3n) is 3.86. The van der Waals surface area contributed by atoms with Crippen molar-refractivity contribution in [2.24, 2.45) is 11.8 Å². The van der Waals surface area contributed by atoms with Crippen LogP contribution >= 0.6 is 0 Å². The zero-order valence-corrected chi connectivity index (χ0v) is 13.5. The normalized spacial score (nSPS) is 25.1. The van der Waals surface area contributed by atoms with E-state index in [2.05, 4.69) is 37.9 Å². The average Bonchev–Trinajstić information content (AvgIpc) is 2.37. The summed E-state index contributed by atoms with van der Waals surface area (Å²) in [7, 11) is 0. The molecule has 0 spiro atoms. The summed E-state index contributed by atoms with van der Waals surface area (Å²) in [6.45, 7) is 15.7. The van der Waals surface area contributed by atoms with Gasteiger partial charge in [0.2, 0.25) is 0 Å². The Morgan fingerprint density at radius 2 is 2.16 bits per heavy atom. The molecular weight excluding hydrogens is 236 g/mol. The molecule has 0 aromatic carbocycles. The Kier molecular flexibility index (Phi) is 8.67. The number of hydrogen-bond acceptors (Lipinski definition) is 3. The number of rotatable bonds is 9. The third kappa shape index (κ3) is 7.28. The first-order chi connectivity index (χ1) is 9.13. The lowest BCUT2D eigenvalue weighted by Crippen LogP contribution is -2.48. The monoisotopic (exact) mass is 270 g/mol. The van der Waals surface area contributed by atoms with E-state index in [0.29, 0.717) is 5.92 Å². The molecule has 1 heterocycles. The second-order valence-corrected chi connectivity index (χ2v) is 6.45. The van der Waals surface area contributed by atoms with Gasteiger partial charge in [0.05, 0.1) is 0 Å². The molecule has 0 amide bonds. The summed E-state index contributed by atoms with van der Waals surface area (Å²) in [5, 5.41) is 3.68. The van der Waals surface area contributed by atoms with Crippen LogP contribution in [0, 0.1) is 11.8 Å². The predicted molar refractivity (Wildman–Crippen MR) is 82.6 cm³/mol. The Morgan fingerprint density at radius 1 is 1.37 bits per heavy atom. The van der Waals surface area contributed by atoms with E-state index in [0.717, 1.165) is 31.7 Å². The number of piperidine rings is 1. The maximum absolute atomic E-state index is 5.65. The van der Waals surface area contributed by atoms with E-state index in [1.165, 1.54) is 38.9 Å². The van der Waals surface area contributed by atoms with Crippen molar-refractivity contribution in [3.05, 3.63) is 0 Å². The molecule has 1 aliphatic rings. The molecule has 19 heavy (non-hydrogen) atoms. The number of ether oxygens (including phenoxy) is 1. The first-order valence-corrected chi connectivity index (χ1v) is 8.17. The minimum Gasteiger partial charge on any atom is -0.381 e. The lowest BCUT2D eigenvalue weighted by molar-refractivity contribution is 0.0883. The van der Waals surface area contributed by atoms with Crippen molar-refractivity contribution >= 4 is 0 Å². The second-order valence-electron chi connectivity index (χ2n) is 6.45. The molecule has 3 heteroatoms. The van der Waals surface area contributed by atoms with E-state index in [9.17, 15) is 0 Å². The summed E-state index contributed by atoms with van der Waals surface area (Å²) >= 11 is 0. The average molecular weight is 270 g/mol. The quantitative estimate of drug-likeness (QED) is 0.652. The highest BCUT2D eigenvalue weighted by molar-refractivity contribution is 4.82. The van der Waals surface area contributed by atoms with Gasteiger partial charge in [0, 0.05) is 32.3 Å². The Morgan fingerprint density at radius 3 is 2.79 bits per heavy atom. The smallest absolute Gasteiger partial charge is 0.0489 e. The van der Waals surface area contributed by atoms with Gasteiger partial charge in [-0.2, -0.15) is 0 Å². The molecule has 0 saturated carbocycles. The van der Waals surface area contributed by atoms with Crippen LogP contribution in [0.4, 0.5) is 0 Å². The molecule has 0 bridgehead atoms. The van der Waals surface area contributed by atoms with Crippen molar-refractivity contribution in [3.8, 4) is 0 Å². The topological polar surface area (TPSA) is 24.5 Å². The number of likely N-dealkylation sites (tertiary alicyclic amines) is 1. The highest BCUT2D eigenvalue weighted by Gasteiger charge is 2.24. The first kappa shape index (κ1) is 16.9. The van der Waals surface area contributed by atoms with Crippen molar-refractivity contribution in [2.75, 3.05) is 39.4 Å². The van der Waals surface area contributed by atoms with Crippen molar-refractivity contribution in [2.45, 2.75) is 53.0 Å². The molecule has 0 radical (unpaired) electrons. The van der Waals surface area contributed by atoms with Gasteiger partial charge in [-0.15, -0.1) is 0 Å².